The number of nitrogens with zero attached hydrogens (tertiary/aromatic N) is 3. The van der Waals surface area contributed by atoms with Gasteiger partial charge in [0, 0.05) is 29.3 Å². The Morgan fingerprint density at radius 3 is 2.29 bits per heavy atom. The highest BCUT2D eigenvalue weighted by molar-refractivity contribution is 6.12. The van der Waals surface area contributed by atoms with Crippen molar-refractivity contribution in [2.75, 3.05) is 30.2 Å². The summed E-state index contributed by atoms with van der Waals surface area (Å²) >= 11 is 0. The molecule has 1 atom stereocenters. The van der Waals surface area contributed by atoms with Crippen LogP contribution in [0.4, 0.5) is 26.0 Å². The van der Waals surface area contributed by atoms with E-state index in [2.05, 4.69) is 10.3 Å². The molecule has 41 heavy (non-hydrogen) atoms. The van der Waals surface area contributed by atoms with Crippen LogP contribution in [0.15, 0.2) is 60.7 Å². The smallest absolute Gasteiger partial charge is 0.252 e. The third-order valence-corrected chi connectivity index (χ3v) is 6.14. The van der Waals surface area contributed by atoms with Gasteiger partial charge < -0.3 is 25.3 Å². The molecule has 1 aromatic heterocycles. The van der Waals surface area contributed by atoms with Gasteiger partial charge in [-0.15, -0.1) is 0 Å². The second-order valence-corrected chi connectivity index (χ2v) is 8.72. The van der Waals surface area contributed by atoms with Crippen LogP contribution < -0.4 is 30.2 Å². The predicted molar refractivity (Wildman–Crippen MR) is 148 cm³/mol. The van der Waals surface area contributed by atoms with Gasteiger partial charge in [-0.2, -0.15) is 5.26 Å². The first-order valence-corrected chi connectivity index (χ1v) is 12.3. The van der Waals surface area contributed by atoms with Crippen molar-refractivity contribution in [1.82, 2.24) is 4.98 Å². The van der Waals surface area contributed by atoms with Gasteiger partial charge in [-0.3, -0.25) is 9.59 Å². The summed E-state index contributed by atoms with van der Waals surface area (Å²) in [6.07, 6.45) is 1.76. The fourth-order valence-corrected chi connectivity index (χ4v) is 4.08. The van der Waals surface area contributed by atoms with Crippen molar-refractivity contribution < 1.29 is 32.6 Å². The number of hydrogen-bond donors (Lipinski definition) is 2. The number of anilines is 3. The lowest BCUT2D eigenvalue weighted by molar-refractivity contribution is -0.130. The van der Waals surface area contributed by atoms with Crippen LogP contribution in [0.5, 0.6) is 23.0 Å². The minimum atomic E-state index is -1.27. The van der Waals surface area contributed by atoms with Crippen LogP contribution in [0.2, 0.25) is 0 Å². The van der Waals surface area contributed by atoms with Gasteiger partial charge in [0.15, 0.2) is 29.3 Å². The Morgan fingerprint density at radius 2 is 1.68 bits per heavy atom. The molecule has 4 rings (SSSR count). The summed E-state index contributed by atoms with van der Waals surface area (Å²) < 4.78 is 44.9. The maximum Gasteiger partial charge on any atom is 0.252 e. The van der Waals surface area contributed by atoms with E-state index in [1.807, 2.05) is 0 Å². The number of nitriles is 1. The zero-order valence-corrected chi connectivity index (χ0v) is 22.3. The number of nitrogens with one attached hydrogen (secondary N) is 1. The highest BCUT2D eigenvalue weighted by Gasteiger charge is 2.31. The number of nitrogen functional groups attached to an aromatic ring is 1. The standard InChI is InChI=1S/C29H25F2N5O5/c1-4-19(28(37)34-17-7-5-16(30)6-8-17)29(38)36(15-32)18-9-10-23(21(31)11-18)41-24-14-27(33)35-22-13-26(40-3)25(39-2)12-20(22)24/h5-14,19H,4H2,1-3H3,(H2,33,35)(H,34,37). The van der Waals surface area contributed by atoms with E-state index >= 15 is 4.39 Å². The molecule has 0 aliphatic heterocycles. The molecule has 0 spiro atoms. The molecular formula is C29H25F2N5O5. The summed E-state index contributed by atoms with van der Waals surface area (Å²) in [4.78, 5) is 30.8. The molecule has 0 saturated carbocycles. The highest BCUT2D eigenvalue weighted by Crippen LogP contribution is 2.39. The van der Waals surface area contributed by atoms with E-state index in [9.17, 15) is 19.2 Å². The predicted octanol–water partition coefficient (Wildman–Crippen LogP) is 5.38. The third-order valence-electron chi connectivity index (χ3n) is 6.14. The van der Waals surface area contributed by atoms with E-state index in [0.717, 1.165) is 18.2 Å². The lowest BCUT2D eigenvalue weighted by Gasteiger charge is -2.20. The SMILES string of the molecule is CCC(C(=O)Nc1ccc(F)cc1)C(=O)N(C#N)c1ccc(Oc2cc(N)nc3cc(OC)c(OC)cc23)c(F)c1. The van der Waals surface area contributed by atoms with E-state index in [4.69, 9.17) is 19.9 Å². The number of halogens is 2. The van der Waals surface area contributed by atoms with E-state index in [1.54, 1.807) is 25.2 Å². The third kappa shape index (κ3) is 6.09. The Balaban J connectivity index is 1.59. The molecule has 2 amide bonds. The molecule has 12 heteroatoms. The van der Waals surface area contributed by atoms with E-state index < -0.39 is 29.4 Å². The summed E-state index contributed by atoms with van der Waals surface area (Å²) in [5.41, 5.74) is 6.51. The van der Waals surface area contributed by atoms with Crippen molar-refractivity contribution in [3.8, 4) is 29.2 Å². The lowest BCUT2D eigenvalue weighted by Crippen LogP contribution is -2.39. The number of benzene rings is 3. The summed E-state index contributed by atoms with van der Waals surface area (Å²) in [6, 6.07) is 13.1. The number of amides is 2. The van der Waals surface area contributed by atoms with Crippen LogP contribution in [0, 0.1) is 29.0 Å². The first-order valence-electron chi connectivity index (χ1n) is 12.3. The van der Waals surface area contributed by atoms with Crippen LogP contribution in [0.25, 0.3) is 10.9 Å². The molecule has 0 fully saturated rings. The number of ether oxygens (including phenoxy) is 3. The van der Waals surface area contributed by atoms with Crippen molar-refractivity contribution in [3.63, 3.8) is 0 Å². The second-order valence-electron chi connectivity index (χ2n) is 8.72. The summed E-state index contributed by atoms with van der Waals surface area (Å²) in [5.74, 6) is -3.32. The van der Waals surface area contributed by atoms with Crippen LogP contribution in [-0.4, -0.2) is 31.0 Å². The Bertz CT molecular complexity index is 1660. The van der Waals surface area contributed by atoms with Gasteiger partial charge >= 0.3 is 0 Å². The number of methoxy groups -OCH3 is 2. The number of fused-ring (bicyclic) bond motifs is 1. The first-order chi connectivity index (χ1) is 19.7. The van der Waals surface area contributed by atoms with Crippen LogP contribution in [-0.2, 0) is 9.59 Å². The molecule has 210 valence electrons. The van der Waals surface area contributed by atoms with E-state index in [0.29, 0.717) is 27.3 Å². The number of carbonyl (C=O) groups is 2. The maximum absolute atomic E-state index is 15.2. The first kappa shape index (κ1) is 28.6. The van der Waals surface area contributed by atoms with Crippen molar-refractivity contribution in [3.05, 3.63) is 72.3 Å². The fourth-order valence-electron chi connectivity index (χ4n) is 4.08. The normalized spacial score (nSPS) is 11.3. The molecule has 1 heterocycles. The highest BCUT2D eigenvalue weighted by atomic mass is 19.1. The Kier molecular flexibility index (Phi) is 8.48. The van der Waals surface area contributed by atoms with Gasteiger partial charge in [-0.05, 0) is 48.9 Å². The fraction of sp³-hybridized carbons (Fsp3) is 0.172. The molecule has 0 aliphatic rings. The van der Waals surface area contributed by atoms with Gasteiger partial charge in [0.25, 0.3) is 5.91 Å². The quantitative estimate of drug-likeness (QED) is 0.158. The van der Waals surface area contributed by atoms with Crippen molar-refractivity contribution in [2.45, 2.75) is 13.3 Å². The van der Waals surface area contributed by atoms with Gasteiger partial charge in [0.2, 0.25) is 5.91 Å². The molecule has 0 saturated heterocycles. The van der Waals surface area contributed by atoms with Crippen molar-refractivity contribution in [1.29, 1.82) is 5.26 Å². The number of rotatable bonds is 9. The van der Waals surface area contributed by atoms with Crippen molar-refractivity contribution >= 4 is 39.9 Å². The molecule has 1 unspecified atom stereocenters. The Labute approximate surface area is 233 Å². The van der Waals surface area contributed by atoms with Crippen molar-refractivity contribution in [2.24, 2.45) is 5.92 Å². The number of hydrogen-bond acceptors (Lipinski definition) is 8. The number of nitrogens with two attached hydrogens (primary N) is 1. The molecule has 0 aliphatic carbocycles. The van der Waals surface area contributed by atoms with Gasteiger partial charge in [0.1, 0.15) is 23.3 Å². The molecule has 4 aromatic rings. The van der Waals surface area contributed by atoms with Crippen LogP contribution in [0.3, 0.4) is 0 Å². The summed E-state index contributed by atoms with van der Waals surface area (Å²) in [7, 11) is 2.94. The molecule has 10 nitrogen and oxygen atoms in total. The minimum absolute atomic E-state index is 0.0541. The second kappa shape index (κ2) is 12.2. The molecule has 0 bridgehead atoms. The summed E-state index contributed by atoms with van der Waals surface area (Å²) in [5, 5.41) is 12.7. The van der Waals surface area contributed by atoms with Crippen LogP contribution in [0.1, 0.15) is 13.3 Å². The number of aromatic nitrogens is 1. The van der Waals surface area contributed by atoms with E-state index in [-0.39, 0.29) is 35.1 Å². The maximum atomic E-state index is 15.2. The molecular weight excluding hydrogens is 536 g/mol. The zero-order chi connectivity index (χ0) is 29.7. The molecule has 3 aromatic carbocycles. The lowest BCUT2D eigenvalue weighted by atomic mass is 10.0. The molecule has 3 N–H and O–H groups in total. The monoisotopic (exact) mass is 561 g/mol. The average molecular weight is 562 g/mol. The summed E-state index contributed by atoms with van der Waals surface area (Å²) in [6.45, 7) is 1.59. The topological polar surface area (TPSA) is 140 Å². The Morgan fingerprint density at radius 1 is 1.00 bits per heavy atom. The average Bonchev–Trinajstić information content (AvgIpc) is 2.95. The minimum Gasteiger partial charge on any atom is -0.493 e. The van der Waals surface area contributed by atoms with E-state index in [1.165, 1.54) is 44.6 Å². The Hall–Kier alpha value is -5.44. The zero-order valence-electron chi connectivity index (χ0n) is 22.3. The van der Waals surface area contributed by atoms with Gasteiger partial charge in [-0.1, -0.05) is 6.92 Å². The van der Waals surface area contributed by atoms with Crippen LogP contribution >= 0.6 is 0 Å². The number of carbonyl (C=O) groups excluding carboxylic acids is 2. The largest absolute Gasteiger partial charge is 0.493 e. The molecule has 0 radical (unpaired) electrons. The number of pyridine rings is 1. The van der Waals surface area contributed by atoms with Gasteiger partial charge in [-0.25, -0.2) is 18.7 Å². The van der Waals surface area contributed by atoms with Gasteiger partial charge in [0.05, 0.1) is 25.4 Å².